The molecule has 1 aliphatic rings. The number of rotatable bonds is 4. The number of hydrogen-bond acceptors (Lipinski definition) is 2. The van der Waals surface area contributed by atoms with Crippen molar-refractivity contribution in [3.8, 4) is 5.75 Å². The second-order valence-corrected chi connectivity index (χ2v) is 5.79. The zero-order valence-corrected chi connectivity index (χ0v) is 12.5. The molecule has 2 aromatic carbocycles. The Morgan fingerprint density at radius 2 is 1.86 bits per heavy atom. The van der Waals surface area contributed by atoms with E-state index >= 15 is 0 Å². The summed E-state index contributed by atoms with van der Waals surface area (Å²) in [6.45, 7) is 0. The normalized spacial score (nSPS) is 20.7. The number of ether oxygens (including phenoxy) is 1. The highest BCUT2D eigenvalue weighted by molar-refractivity contribution is 6.33. The number of nitrogens with one attached hydrogen (secondary N) is 1. The lowest BCUT2D eigenvalue weighted by Gasteiger charge is -2.37. The third-order valence-electron chi connectivity index (χ3n) is 4.04. The van der Waals surface area contributed by atoms with Gasteiger partial charge in [0.1, 0.15) is 11.6 Å². The first-order valence-electron chi connectivity index (χ1n) is 7.02. The van der Waals surface area contributed by atoms with Gasteiger partial charge in [0.05, 0.1) is 17.8 Å². The first-order valence-corrected chi connectivity index (χ1v) is 7.39. The predicted octanol–water partition coefficient (Wildman–Crippen LogP) is 4.85. The summed E-state index contributed by atoms with van der Waals surface area (Å²) in [4.78, 5) is 0. The number of anilines is 1. The van der Waals surface area contributed by atoms with E-state index in [-0.39, 0.29) is 11.9 Å². The van der Waals surface area contributed by atoms with Gasteiger partial charge in [-0.15, -0.1) is 0 Å². The molecule has 2 nitrogen and oxygen atoms in total. The number of halogens is 2. The van der Waals surface area contributed by atoms with Gasteiger partial charge in [0, 0.05) is 6.04 Å². The maximum atomic E-state index is 13.7. The van der Waals surface area contributed by atoms with Gasteiger partial charge in [0.25, 0.3) is 0 Å². The Morgan fingerprint density at radius 1 is 1.14 bits per heavy atom. The fraction of sp³-hybridized carbons (Fsp3) is 0.294. The van der Waals surface area contributed by atoms with E-state index in [1.807, 2.05) is 12.1 Å². The molecule has 0 atom stereocenters. The van der Waals surface area contributed by atoms with Crippen LogP contribution in [-0.2, 0) is 0 Å². The molecule has 1 fully saturated rings. The predicted molar refractivity (Wildman–Crippen MR) is 83.8 cm³/mol. The lowest BCUT2D eigenvalue weighted by atomic mass is 9.76. The van der Waals surface area contributed by atoms with Crippen LogP contribution in [0.25, 0.3) is 0 Å². The molecule has 110 valence electrons. The van der Waals surface area contributed by atoms with Crippen molar-refractivity contribution in [1.82, 2.24) is 0 Å². The zero-order valence-electron chi connectivity index (χ0n) is 11.8. The molecule has 1 saturated carbocycles. The molecule has 0 heterocycles. The monoisotopic (exact) mass is 305 g/mol. The Morgan fingerprint density at radius 3 is 2.48 bits per heavy atom. The van der Waals surface area contributed by atoms with Crippen molar-refractivity contribution in [3.05, 3.63) is 58.9 Å². The summed E-state index contributed by atoms with van der Waals surface area (Å²) in [5, 5.41) is 3.64. The molecule has 0 bridgehead atoms. The summed E-state index contributed by atoms with van der Waals surface area (Å²) < 4.78 is 18.9. The topological polar surface area (TPSA) is 21.3 Å². The molecule has 0 radical (unpaired) electrons. The molecule has 0 unspecified atom stereocenters. The first-order chi connectivity index (χ1) is 10.2. The third-order valence-corrected chi connectivity index (χ3v) is 4.35. The Kier molecular flexibility index (Phi) is 4.02. The molecular weight excluding hydrogens is 289 g/mol. The van der Waals surface area contributed by atoms with Crippen molar-refractivity contribution in [2.75, 3.05) is 12.4 Å². The molecule has 0 amide bonds. The van der Waals surface area contributed by atoms with Crippen molar-refractivity contribution in [1.29, 1.82) is 0 Å². The van der Waals surface area contributed by atoms with Crippen LogP contribution in [0.1, 0.15) is 24.3 Å². The smallest absolute Gasteiger partial charge is 0.147 e. The van der Waals surface area contributed by atoms with Gasteiger partial charge in [-0.1, -0.05) is 29.8 Å². The summed E-state index contributed by atoms with van der Waals surface area (Å²) in [7, 11) is 1.66. The van der Waals surface area contributed by atoms with Crippen molar-refractivity contribution in [2.24, 2.45) is 0 Å². The number of benzene rings is 2. The molecule has 4 heteroatoms. The van der Waals surface area contributed by atoms with Crippen LogP contribution in [0.4, 0.5) is 10.1 Å². The lowest BCUT2D eigenvalue weighted by Crippen LogP contribution is -2.34. The van der Waals surface area contributed by atoms with Crippen molar-refractivity contribution in [2.45, 2.75) is 24.8 Å². The van der Waals surface area contributed by atoms with Crippen molar-refractivity contribution in [3.63, 3.8) is 0 Å². The maximum Gasteiger partial charge on any atom is 0.147 e. The summed E-state index contributed by atoms with van der Waals surface area (Å²) >= 11 is 6.03. The molecule has 1 aliphatic carbocycles. The highest BCUT2D eigenvalue weighted by Gasteiger charge is 2.31. The lowest BCUT2D eigenvalue weighted by molar-refractivity contribution is 0.372. The van der Waals surface area contributed by atoms with Crippen LogP contribution < -0.4 is 10.1 Å². The van der Waals surface area contributed by atoms with E-state index in [0.29, 0.717) is 16.6 Å². The zero-order chi connectivity index (χ0) is 14.8. The Labute approximate surface area is 128 Å². The van der Waals surface area contributed by atoms with Gasteiger partial charge in [-0.3, -0.25) is 0 Å². The molecule has 21 heavy (non-hydrogen) atoms. The number of hydrogen-bond donors (Lipinski definition) is 1. The van der Waals surface area contributed by atoms with Crippen LogP contribution in [0, 0.1) is 5.82 Å². The van der Waals surface area contributed by atoms with Crippen molar-refractivity contribution < 1.29 is 9.13 Å². The fourth-order valence-electron chi connectivity index (χ4n) is 2.72. The van der Waals surface area contributed by atoms with E-state index in [9.17, 15) is 4.39 Å². The average molecular weight is 306 g/mol. The van der Waals surface area contributed by atoms with Gasteiger partial charge in [-0.2, -0.15) is 0 Å². The summed E-state index contributed by atoms with van der Waals surface area (Å²) in [6, 6.07) is 13.1. The van der Waals surface area contributed by atoms with Crippen LogP contribution in [0.5, 0.6) is 5.75 Å². The minimum Gasteiger partial charge on any atom is -0.497 e. The molecule has 1 N–H and O–H groups in total. The molecule has 0 aromatic heterocycles. The van der Waals surface area contributed by atoms with E-state index in [0.717, 1.165) is 18.6 Å². The van der Waals surface area contributed by atoms with Gasteiger partial charge in [0.2, 0.25) is 0 Å². The largest absolute Gasteiger partial charge is 0.497 e. The quantitative estimate of drug-likeness (QED) is 0.872. The van der Waals surface area contributed by atoms with Crippen LogP contribution in [-0.4, -0.2) is 13.2 Å². The average Bonchev–Trinajstić information content (AvgIpc) is 2.45. The second-order valence-electron chi connectivity index (χ2n) is 5.38. The second kappa shape index (κ2) is 5.94. The van der Waals surface area contributed by atoms with Crippen LogP contribution in [0.15, 0.2) is 42.5 Å². The minimum absolute atomic E-state index is 0.270. The maximum absolute atomic E-state index is 13.7. The highest BCUT2D eigenvalue weighted by Crippen LogP contribution is 2.40. The van der Waals surface area contributed by atoms with E-state index in [1.165, 1.54) is 11.6 Å². The minimum atomic E-state index is -0.296. The Balaban J connectivity index is 1.60. The van der Waals surface area contributed by atoms with E-state index in [4.69, 9.17) is 16.3 Å². The summed E-state index contributed by atoms with van der Waals surface area (Å²) in [5.74, 6) is 1.08. The third kappa shape index (κ3) is 2.98. The molecule has 3 rings (SSSR count). The van der Waals surface area contributed by atoms with Crippen LogP contribution in [0.3, 0.4) is 0 Å². The van der Waals surface area contributed by atoms with E-state index in [1.54, 1.807) is 19.2 Å². The summed E-state index contributed by atoms with van der Waals surface area (Å²) in [5.41, 5.74) is 1.71. The SMILES string of the molecule is COc1ccc(C2CC(Nc3c(F)cccc3Cl)C2)cc1. The van der Waals surface area contributed by atoms with Gasteiger partial charge in [-0.05, 0) is 48.6 Å². The molecule has 0 saturated heterocycles. The standard InChI is InChI=1S/C17H17ClFNO/c1-21-14-7-5-11(6-8-14)12-9-13(10-12)20-17-15(18)3-2-4-16(17)19/h2-8,12-13,20H,9-10H2,1H3. The van der Waals surface area contributed by atoms with E-state index < -0.39 is 0 Å². The van der Waals surface area contributed by atoms with Crippen LogP contribution in [0.2, 0.25) is 5.02 Å². The fourth-order valence-corrected chi connectivity index (χ4v) is 2.94. The van der Waals surface area contributed by atoms with Gasteiger partial charge in [-0.25, -0.2) is 4.39 Å². The van der Waals surface area contributed by atoms with Gasteiger partial charge in [0.15, 0.2) is 0 Å². The summed E-state index contributed by atoms with van der Waals surface area (Å²) in [6.07, 6.45) is 1.97. The molecule has 0 aliphatic heterocycles. The Hall–Kier alpha value is -1.74. The molecule has 0 spiro atoms. The number of para-hydroxylation sites is 1. The highest BCUT2D eigenvalue weighted by atomic mass is 35.5. The Bertz CT molecular complexity index is 603. The first kappa shape index (κ1) is 14.2. The van der Waals surface area contributed by atoms with Gasteiger partial charge < -0.3 is 10.1 Å². The van der Waals surface area contributed by atoms with E-state index in [2.05, 4.69) is 17.4 Å². The van der Waals surface area contributed by atoms with Gasteiger partial charge >= 0.3 is 0 Å². The molecule has 2 aromatic rings. The van der Waals surface area contributed by atoms with Crippen molar-refractivity contribution >= 4 is 17.3 Å². The van der Waals surface area contributed by atoms with Crippen LogP contribution >= 0.6 is 11.6 Å². The molecular formula is C17H17ClFNO. The number of methoxy groups -OCH3 is 1.